The molecule has 4 heteroatoms. The normalized spacial score (nSPS) is 9.67. The van der Waals surface area contributed by atoms with Crippen LogP contribution in [0.25, 0.3) is 0 Å². The van der Waals surface area contributed by atoms with Gasteiger partial charge in [0.25, 0.3) is 0 Å². The molecule has 0 aliphatic carbocycles. The molecular weight excluding hydrogens is 196 g/mol. The number of ether oxygens (including phenoxy) is 1. The molecule has 0 fully saturated rings. The standard InChI is InChI=1S/C11H12O4/c1-8-3-2-4-9(7-8)5-6-15-11(14)10(12)13/h2-4,7H,5-6H2,1H3,(H,12,13). The average molecular weight is 208 g/mol. The molecule has 0 radical (unpaired) electrons. The first-order valence-electron chi connectivity index (χ1n) is 4.55. The molecule has 0 amide bonds. The predicted molar refractivity (Wildman–Crippen MR) is 53.5 cm³/mol. The van der Waals surface area contributed by atoms with E-state index in [4.69, 9.17) is 5.11 Å². The molecule has 0 heterocycles. The van der Waals surface area contributed by atoms with Gasteiger partial charge in [0.2, 0.25) is 0 Å². The maximum Gasteiger partial charge on any atom is 0.417 e. The largest absolute Gasteiger partial charge is 0.473 e. The van der Waals surface area contributed by atoms with Crippen LogP contribution in [-0.4, -0.2) is 23.7 Å². The van der Waals surface area contributed by atoms with Gasteiger partial charge in [0.1, 0.15) is 0 Å². The number of carbonyl (C=O) groups excluding carboxylic acids is 1. The summed E-state index contributed by atoms with van der Waals surface area (Å²) in [4.78, 5) is 20.7. The van der Waals surface area contributed by atoms with Gasteiger partial charge in [0, 0.05) is 6.42 Å². The van der Waals surface area contributed by atoms with Crippen molar-refractivity contribution < 1.29 is 19.4 Å². The number of esters is 1. The minimum absolute atomic E-state index is 0.0919. The minimum Gasteiger partial charge on any atom is -0.473 e. The van der Waals surface area contributed by atoms with Gasteiger partial charge in [-0.1, -0.05) is 29.8 Å². The van der Waals surface area contributed by atoms with Gasteiger partial charge in [-0.25, -0.2) is 9.59 Å². The van der Waals surface area contributed by atoms with Crippen molar-refractivity contribution in [3.8, 4) is 0 Å². The third-order valence-corrected chi connectivity index (χ3v) is 1.88. The molecule has 0 aliphatic rings. The zero-order chi connectivity index (χ0) is 11.3. The van der Waals surface area contributed by atoms with E-state index in [0.29, 0.717) is 6.42 Å². The Labute approximate surface area is 87.5 Å². The third kappa shape index (κ3) is 3.81. The number of aryl methyl sites for hydroxylation is 1. The molecule has 1 rings (SSSR count). The molecule has 1 aromatic rings. The Hall–Kier alpha value is -1.84. The van der Waals surface area contributed by atoms with E-state index in [1.54, 1.807) is 0 Å². The Morgan fingerprint density at radius 3 is 2.73 bits per heavy atom. The molecule has 0 unspecified atom stereocenters. The minimum atomic E-state index is -1.56. The van der Waals surface area contributed by atoms with Crippen LogP contribution in [0.15, 0.2) is 24.3 Å². The topological polar surface area (TPSA) is 63.6 Å². The first kappa shape index (κ1) is 11.2. The molecule has 1 N–H and O–H groups in total. The van der Waals surface area contributed by atoms with Crippen LogP contribution in [0.5, 0.6) is 0 Å². The van der Waals surface area contributed by atoms with E-state index >= 15 is 0 Å². The van der Waals surface area contributed by atoms with E-state index in [2.05, 4.69) is 4.74 Å². The number of carboxylic acid groups (broad SMARTS) is 1. The molecule has 80 valence electrons. The van der Waals surface area contributed by atoms with E-state index in [0.717, 1.165) is 11.1 Å². The molecule has 1 aromatic carbocycles. The van der Waals surface area contributed by atoms with Gasteiger partial charge in [-0.2, -0.15) is 0 Å². The highest BCUT2D eigenvalue weighted by molar-refractivity contribution is 6.28. The summed E-state index contributed by atoms with van der Waals surface area (Å²) in [5.41, 5.74) is 2.14. The summed E-state index contributed by atoms with van der Waals surface area (Å²) in [6, 6.07) is 7.74. The monoisotopic (exact) mass is 208 g/mol. The molecule has 0 spiro atoms. The molecule has 15 heavy (non-hydrogen) atoms. The van der Waals surface area contributed by atoms with Crippen LogP contribution >= 0.6 is 0 Å². The zero-order valence-corrected chi connectivity index (χ0v) is 8.40. The van der Waals surface area contributed by atoms with Gasteiger partial charge in [0.15, 0.2) is 0 Å². The van der Waals surface area contributed by atoms with Crippen molar-refractivity contribution >= 4 is 11.9 Å². The number of benzene rings is 1. The Bertz CT molecular complexity index is 371. The van der Waals surface area contributed by atoms with E-state index in [1.807, 2.05) is 31.2 Å². The first-order chi connectivity index (χ1) is 7.09. The number of carbonyl (C=O) groups is 2. The summed E-state index contributed by atoms with van der Waals surface area (Å²) in [6.45, 7) is 2.06. The Kier molecular flexibility index (Phi) is 3.85. The molecule has 4 nitrogen and oxygen atoms in total. The molecule has 0 saturated carbocycles. The SMILES string of the molecule is Cc1cccc(CCOC(=O)C(=O)O)c1. The molecule has 0 bridgehead atoms. The second-order valence-electron chi connectivity index (χ2n) is 3.18. The number of rotatable bonds is 3. The lowest BCUT2D eigenvalue weighted by atomic mass is 10.1. The van der Waals surface area contributed by atoms with Crippen LogP contribution in [-0.2, 0) is 20.7 Å². The van der Waals surface area contributed by atoms with Gasteiger partial charge in [0.05, 0.1) is 6.61 Å². The van der Waals surface area contributed by atoms with Gasteiger partial charge < -0.3 is 9.84 Å². The maximum atomic E-state index is 10.6. The second kappa shape index (κ2) is 5.14. The summed E-state index contributed by atoms with van der Waals surface area (Å²) in [6.07, 6.45) is 0.528. The summed E-state index contributed by atoms with van der Waals surface area (Å²) < 4.78 is 4.51. The number of hydrogen-bond donors (Lipinski definition) is 1. The van der Waals surface area contributed by atoms with Crippen LogP contribution in [0.2, 0.25) is 0 Å². The fourth-order valence-electron chi connectivity index (χ4n) is 1.19. The van der Waals surface area contributed by atoms with E-state index < -0.39 is 11.9 Å². The molecule has 0 atom stereocenters. The fraction of sp³-hybridized carbons (Fsp3) is 0.273. The average Bonchev–Trinajstić information content (AvgIpc) is 2.17. The lowest BCUT2D eigenvalue weighted by Crippen LogP contribution is -2.17. The quantitative estimate of drug-likeness (QED) is 0.598. The van der Waals surface area contributed by atoms with Crippen molar-refractivity contribution in [3.63, 3.8) is 0 Å². The van der Waals surface area contributed by atoms with Crippen LogP contribution in [0.4, 0.5) is 0 Å². The number of hydrogen-bond acceptors (Lipinski definition) is 3. The lowest BCUT2D eigenvalue weighted by Gasteiger charge is -2.02. The van der Waals surface area contributed by atoms with Crippen molar-refractivity contribution in [2.45, 2.75) is 13.3 Å². The molecule has 0 aromatic heterocycles. The van der Waals surface area contributed by atoms with Crippen LogP contribution in [0.3, 0.4) is 0 Å². The maximum absolute atomic E-state index is 10.6. The summed E-state index contributed by atoms with van der Waals surface area (Å²) in [5, 5.41) is 8.25. The van der Waals surface area contributed by atoms with Crippen LogP contribution in [0, 0.1) is 6.92 Å². The highest BCUT2D eigenvalue weighted by atomic mass is 16.6. The Balaban J connectivity index is 2.38. The molecular formula is C11H12O4. The van der Waals surface area contributed by atoms with Gasteiger partial charge in [-0.3, -0.25) is 0 Å². The first-order valence-corrected chi connectivity index (χ1v) is 4.55. The molecule has 0 saturated heterocycles. The highest BCUT2D eigenvalue weighted by Crippen LogP contribution is 2.04. The van der Waals surface area contributed by atoms with Gasteiger partial charge in [-0.15, -0.1) is 0 Å². The van der Waals surface area contributed by atoms with E-state index in [9.17, 15) is 9.59 Å². The Morgan fingerprint density at radius 1 is 1.40 bits per heavy atom. The zero-order valence-electron chi connectivity index (χ0n) is 8.40. The smallest absolute Gasteiger partial charge is 0.417 e. The Morgan fingerprint density at radius 2 is 2.13 bits per heavy atom. The summed E-state index contributed by atoms with van der Waals surface area (Å²) in [5.74, 6) is -2.76. The van der Waals surface area contributed by atoms with Crippen molar-refractivity contribution in [2.24, 2.45) is 0 Å². The lowest BCUT2D eigenvalue weighted by molar-refractivity contribution is -0.163. The van der Waals surface area contributed by atoms with Crippen molar-refractivity contribution in [2.75, 3.05) is 6.61 Å². The van der Waals surface area contributed by atoms with Crippen molar-refractivity contribution in [3.05, 3.63) is 35.4 Å². The fourth-order valence-corrected chi connectivity index (χ4v) is 1.19. The highest BCUT2D eigenvalue weighted by Gasteiger charge is 2.11. The molecule has 0 aliphatic heterocycles. The van der Waals surface area contributed by atoms with Crippen molar-refractivity contribution in [1.29, 1.82) is 0 Å². The van der Waals surface area contributed by atoms with Gasteiger partial charge in [-0.05, 0) is 12.5 Å². The number of carboxylic acids is 1. The van der Waals surface area contributed by atoms with E-state index in [-0.39, 0.29) is 6.61 Å². The third-order valence-electron chi connectivity index (χ3n) is 1.88. The predicted octanol–water partition coefficient (Wildman–Crippen LogP) is 1.17. The summed E-state index contributed by atoms with van der Waals surface area (Å²) >= 11 is 0. The van der Waals surface area contributed by atoms with Gasteiger partial charge >= 0.3 is 11.9 Å². The number of aliphatic carboxylic acids is 1. The second-order valence-corrected chi connectivity index (χ2v) is 3.18. The van der Waals surface area contributed by atoms with E-state index in [1.165, 1.54) is 0 Å². The summed E-state index contributed by atoms with van der Waals surface area (Å²) in [7, 11) is 0. The van der Waals surface area contributed by atoms with Crippen molar-refractivity contribution in [1.82, 2.24) is 0 Å². The van der Waals surface area contributed by atoms with Crippen LogP contribution < -0.4 is 0 Å². The van der Waals surface area contributed by atoms with Crippen LogP contribution in [0.1, 0.15) is 11.1 Å².